The number of halogens is 3. The summed E-state index contributed by atoms with van der Waals surface area (Å²) in [5.74, 6) is -1.46. The van der Waals surface area contributed by atoms with Crippen LogP contribution in [0.4, 0.5) is 24.5 Å². The molecular formula is C21H19F3N6O5. The van der Waals surface area contributed by atoms with Crippen molar-refractivity contribution < 1.29 is 27.7 Å². The summed E-state index contributed by atoms with van der Waals surface area (Å²) in [6, 6.07) is 8.34. The molecule has 2 amide bonds. The molecule has 0 aliphatic carbocycles. The maximum Gasteiger partial charge on any atom is 0.416 e. The molecule has 0 saturated carbocycles. The molecule has 0 fully saturated rings. The van der Waals surface area contributed by atoms with E-state index in [2.05, 4.69) is 21.3 Å². The molecule has 1 heterocycles. The fraction of sp³-hybridized carbons (Fsp3) is 0.238. The number of nitro benzene ring substituents is 1. The number of alkyl halides is 3. The van der Waals surface area contributed by atoms with Crippen molar-refractivity contribution in [2.45, 2.75) is 26.1 Å². The third kappa shape index (κ3) is 5.72. The quantitative estimate of drug-likeness (QED) is 0.339. The number of carbonyl (C=O) groups is 2. The Morgan fingerprint density at radius 2 is 1.80 bits per heavy atom. The van der Waals surface area contributed by atoms with Gasteiger partial charge >= 0.3 is 6.18 Å². The van der Waals surface area contributed by atoms with Gasteiger partial charge in [0.1, 0.15) is 5.69 Å². The zero-order chi connectivity index (χ0) is 25.8. The highest BCUT2D eigenvalue weighted by atomic mass is 19.4. The number of benzene rings is 2. The van der Waals surface area contributed by atoms with Crippen LogP contribution in [0.15, 0.2) is 47.3 Å². The summed E-state index contributed by atoms with van der Waals surface area (Å²) in [6.45, 7) is 1.73. The largest absolute Gasteiger partial charge is 0.416 e. The molecule has 11 nitrogen and oxygen atoms in total. The summed E-state index contributed by atoms with van der Waals surface area (Å²) in [5.41, 5.74) is 1.73. The van der Waals surface area contributed by atoms with E-state index in [0.29, 0.717) is 17.5 Å². The standard InChI is InChI=1S/C21H19F3N6O5/c1-2-29-20(33)14-6-4-3-5-13(14)18(28-29)19(32)27-26-17(31)9-10-25-15-8-7-12(21(22,23)24)11-16(15)30(34)35/h3-8,11,25H,2,9-10H2,1H3,(H,26,31)(H,27,32). The molecule has 0 unspecified atom stereocenters. The molecule has 0 saturated heterocycles. The van der Waals surface area contributed by atoms with Gasteiger partial charge in [0.05, 0.1) is 15.9 Å². The molecule has 3 N–H and O–H groups in total. The van der Waals surface area contributed by atoms with E-state index in [1.54, 1.807) is 31.2 Å². The molecule has 0 spiro atoms. The Hall–Kier alpha value is -4.49. The Balaban J connectivity index is 1.62. The Labute approximate surface area is 195 Å². The Morgan fingerprint density at radius 3 is 2.43 bits per heavy atom. The normalized spacial score (nSPS) is 11.2. The molecule has 35 heavy (non-hydrogen) atoms. The number of anilines is 1. The predicted molar refractivity (Wildman–Crippen MR) is 118 cm³/mol. The van der Waals surface area contributed by atoms with Gasteiger partial charge in [-0.3, -0.25) is 35.3 Å². The molecule has 0 bridgehead atoms. The van der Waals surface area contributed by atoms with Crippen LogP contribution in [0.2, 0.25) is 0 Å². The Kier molecular flexibility index (Phi) is 7.32. The maximum absolute atomic E-state index is 12.8. The molecule has 0 aliphatic heterocycles. The first-order valence-electron chi connectivity index (χ1n) is 10.2. The van der Waals surface area contributed by atoms with Crippen molar-refractivity contribution in [2.24, 2.45) is 0 Å². The first kappa shape index (κ1) is 25.1. The van der Waals surface area contributed by atoms with Crippen LogP contribution in [-0.2, 0) is 17.5 Å². The number of hydrogen-bond donors (Lipinski definition) is 3. The fourth-order valence-electron chi connectivity index (χ4n) is 3.18. The number of hydrogen-bond acceptors (Lipinski definition) is 7. The van der Waals surface area contributed by atoms with Crippen LogP contribution in [0.1, 0.15) is 29.4 Å². The van der Waals surface area contributed by atoms with Crippen LogP contribution in [0.5, 0.6) is 0 Å². The summed E-state index contributed by atoms with van der Waals surface area (Å²) in [7, 11) is 0. The van der Waals surface area contributed by atoms with Gasteiger partial charge in [0.15, 0.2) is 5.69 Å². The van der Waals surface area contributed by atoms with Gasteiger partial charge in [0.2, 0.25) is 5.91 Å². The Bertz CT molecular complexity index is 1360. The molecule has 1 aromatic heterocycles. The molecule has 3 aromatic rings. The number of amides is 2. The lowest BCUT2D eigenvalue weighted by atomic mass is 10.1. The number of fused-ring (bicyclic) bond motifs is 1. The molecular weight excluding hydrogens is 473 g/mol. The van der Waals surface area contributed by atoms with E-state index in [-0.39, 0.29) is 41.8 Å². The number of nitrogens with zero attached hydrogens (tertiary/aromatic N) is 3. The van der Waals surface area contributed by atoms with E-state index in [1.165, 1.54) is 0 Å². The van der Waals surface area contributed by atoms with Gasteiger partial charge in [-0.05, 0) is 25.1 Å². The van der Waals surface area contributed by atoms with Crippen LogP contribution in [0, 0.1) is 10.1 Å². The summed E-state index contributed by atoms with van der Waals surface area (Å²) < 4.78 is 39.5. The van der Waals surface area contributed by atoms with Crippen molar-refractivity contribution in [3.63, 3.8) is 0 Å². The predicted octanol–water partition coefficient (Wildman–Crippen LogP) is 2.61. The summed E-state index contributed by atoms with van der Waals surface area (Å²) in [4.78, 5) is 47.2. The van der Waals surface area contributed by atoms with Gasteiger partial charge in [0, 0.05) is 31.0 Å². The van der Waals surface area contributed by atoms with Gasteiger partial charge in [-0.25, -0.2) is 4.68 Å². The van der Waals surface area contributed by atoms with Crippen LogP contribution in [0.3, 0.4) is 0 Å². The molecule has 184 valence electrons. The zero-order valence-corrected chi connectivity index (χ0v) is 18.2. The highest BCUT2D eigenvalue weighted by Crippen LogP contribution is 2.34. The van der Waals surface area contributed by atoms with Gasteiger partial charge < -0.3 is 5.32 Å². The van der Waals surface area contributed by atoms with Crippen molar-refractivity contribution in [3.8, 4) is 0 Å². The summed E-state index contributed by atoms with van der Waals surface area (Å²) in [5, 5.41) is 18.3. The lowest BCUT2D eigenvalue weighted by molar-refractivity contribution is -0.384. The van der Waals surface area contributed by atoms with Gasteiger partial charge in [-0.15, -0.1) is 0 Å². The number of aryl methyl sites for hydroxylation is 1. The second kappa shape index (κ2) is 10.2. The van der Waals surface area contributed by atoms with E-state index in [4.69, 9.17) is 0 Å². The topological polar surface area (TPSA) is 148 Å². The smallest absolute Gasteiger partial charge is 0.379 e. The lowest BCUT2D eigenvalue weighted by Gasteiger charge is -2.12. The Morgan fingerprint density at radius 1 is 1.11 bits per heavy atom. The minimum atomic E-state index is -4.74. The summed E-state index contributed by atoms with van der Waals surface area (Å²) in [6.07, 6.45) is -5.02. The van der Waals surface area contributed by atoms with E-state index >= 15 is 0 Å². The molecule has 0 aliphatic rings. The number of hydrazine groups is 1. The average molecular weight is 492 g/mol. The second-order valence-corrected chi connectivity index (χ2v) is 7.18. The number of nitro groups is 1. The minimum Gasteiger partial charge on any atom is -0.379 e. The first-order chi connectivity index (χ1) is 16.5. The van der Waals surface area contributed by atoms with Gasteiger partial charge in [-0.1, -0.05) is 18.2 Å². The van der Waals surface area contributed by atoms with Crippen LogP contribution in [0.25, 0.3) is 10.8 Å². The first-order valence-corrected chi connectivity index (χ1v) is 10.2. The van der Waals surface area contributed by atoms with Crippen molar-refractivity contribution in [1.29, 1.82) is 0 Å². The molecule has 0 atom stereocenters. The molecule has 3 rings (SSSR count). The van der Waals surface area contributed by atoms with Crippen LogP contribution < -0.4 is 21.7 Å². The molecule has 14 heteroatoms. The number of aromatic nitrogens is 2. The van der Waals surface area contributed by atoms with Gasteiger partial charge in [-0.2, -0.15) is 18.3 Å². The molecule has 0 radical (unpaired) electrons. The number of carbonyl (C=O) groups excluding carboxylic acids is 2. The van der Waals surface area contributed by atoms with Crippen molar-refractivity contribution in [3.05, 3.63) is 74.2 Å². The third-order valence-corrected chi connectivity index (χ3v) is 4.89. The average Bonchev–Trinajstić information content (AvgIpc) is 2.82. The fourth-order valence-corrected chi connectivity index (χ4v) is 3.18. The van der Waals surface area contributed by atoms with E-state index < -0.39 is 34.2 Å². The zero-order valence-electron chi connectivity index (χ0n) is 18.2. The van der Waals surface area contributed by atoms with E-state index in [0.717, 1.165) is 10.7 Å². The highest BCUT2D eigenvalue weighted by molar-refractivity contribution is 6.05. The van der Waals surface area contributed by atoms with Crippen molar-refractivity contribution in [1.82, 2.24) is 20.6 Å². The van der Waals surface area contributed by atoms with Crippen LogP contribution >= 0.6 is 0 Å². The SMILES string of the molecule is CCn1nc(C(=O)NNC(=O)CCNc2ccc(C(F)(F)F)cc2[N+](=O)[O-])c2ccccc2c1=O. The molecule has 2 aromatic carbocycles. The van der Waals surface area contributed by atoms with E-state index in [9.17, 15) is 37.7 Å². The monoisotopic (exact) mass is 492 g/mol. The van der Waals surface area contributed by atoms with Crippen molar-refractivity contribution >= 4 is 34.0 Å². The number of nitrogens with one attached hydrogen (secondary N) is 3. The minimum absolute atomic E-state index is 0.0825. The third-order valence-electron chi connectivity index (χ3n) is 4.89. The van der Waals surface area contributed by atoms with Gasteiger partial charge in [0.25, 0.3) is 17.2 Å². The highest BCUT2D eigenvalue weighted by Gasteiger charge is 2.33. The van der Waals surface area contributed by atoms with Crippen LogP contribution in [-0.4, -0.2) is 33.1 Å². The van der Waals surface area contributed by atoms with E-state index in [1.807, 2.05) is 0 Å². The maximum atomic E-state index is 12.8. The summed E-state index contributed by atoms with van der Waals surface area (Å²) >= 11 is 0. The lowest BCUT2D eigenvalue weighted by Crippen LogP contribution is -2.43. The van der Waals surface area contributed by atoms with Crippen molar-refractivity contribution in [2.75, 3.05) is 11.9 Å². The second-order valence-electron chi connectivity index (χ2n) is 7.18. The number of rotatable bonds is 7.